The summed E-state index contributed by atoms with van der Waals surface area (Å²) in [5.41, 5.74) is 1.85. The van der Waals surface area contributed by atoms with Gasteiger partial charge < -0.3 is 15.4 Å². The van der Waals surface area contributed by atoms with E-state index in [1.807, 2.05) is 55.6 Å². The summed E-state index contributed by atoms with van der Waals surface area (Å²) in [7, 11) is 1.89. The number of hydrogen-bond acceptors (Lipinski definition) is 3. The van der Waals surface area contributed by atoms with Gasteiger partial charge in [0, 0.05) is 16.7 Å². The van der Waals surface area contributed by atoms with E-state index in [1.165, 1.54) is 0 Å². The molecule has 0 bridgehead atoms. The molecule has 0 heterocycles. The van der Waals surface area contributed by atoms with E-state index in [2.05, 4.69) is 26.6 Å². The first kappa shape index (κ1) is 15.5. The van der Waals surface area contributed by atoms with Crippen molar-refractivity contribution in [2.75, 3.05) is 19.0 Å². The van der Waals surface area contributed by atoms with Gasteiger partial charge in [0.25, 0.3) is 5.91 Å². The highest BCUT2D eigenvalue weighted by atomic mass is 79.9. The van der Waals surface area contributed by atoms with Crippen LogP contribution in [0.5, 0.6) is 5.75 Å². The van der Waals surface area contributed by atoms with Gasteiger partial charge in [0.1, 0.15) is 5.75 Å². The first-order valence-corrected chi connectivity index (χ1v) is 7.38. The lowest BCUT2D eigenvalue weighted by Gasteiger charge is -2.09. The van der Waals surface area contributed by atoms with Gasteiger partial charge in [0.15, 0.2) is 6.61 Å². The number of nitrogens with one attached hydrogen (secondary N) is 2. The SMILES string of the molecule is CNCc1cccc(OCC(=O)Nc2cccc(Br)c2)c1. The van der Waals surface area contributed by atoms with E-state index in [0.717, 1.165) is 22.3 Å². The normalized spacial score (nSPS) is 10.2. The summed E-state index contributed by atoms with van der Waals surface area (Å²) in [5.74, 6) is 0.499. The Morgan fingerprint density at radius 3 is 2.76 bits per heavy atom. The Kier molecular flexibility index (Phi) is 5.78. The van der Waals surface area contributed by atoms with Crippen molar-refractivity contribution in [1.82, 2.24) is 5.32 Å². The number of halogens is 1. The van der Waals surface area contributed by atoms with Gasteiger partial charge >= 0.3 is 0 Å². The zero-order chi connectivity index (χ0) is 15.1. The van der Waals surface area contributed by atoms with Crippen LogP contribution in [0.4, 0.5) is 5.69 Å². The number of carbonyl (C=O) groups is 1. The molecule has 0 radical (unpaired) electrons. The van der Waals surface area contributed by atoms with Crippen LogP contribution in [-0.2, 0) is 11.3 Å². The van der Waals surface area contributed by atoms with Gasteiger partial charge in [-0.25, -0.2) is 0 Å². The molecule has 0 spiro atoms. The van der Waals surface area contributed by atoms with Crippen LogP contribution in [0, 0.1) is 0 Å². The van der Waals surface area contributed by atoms with Crippen LogP contribution in [0.25, 0.3) is 0 Å². The molecule has 5 heteroatoms. The first-order chi connectivity index (χ1) is 10.2. The van der Waals surface area contributed by atoms with Gasteiger partial charge in [-0.05, 0) is 42.9 Å². The van der Waals surface area contributed by atoms with Gasteiger partial charge in [-0.15, -0.1) is 0 Å². The van der Waals surface area contributed by atoms with Crippen molar-refractivity contribution in [2.24, 2.45) is 0 Å². The number of anilines is 1. The maximum atomic E-state index is 11.8. The second kappa shape index (κ2) is 7.81. The van der Waals surface area contributed by atoms with E-state index in [0.29, 0.717) is 5.75 Å². The van der Waals surface area contributed by atoms with Crippen molar-refractivity contribution >= 4 is 27.5 Å². The molecule has 2 N–H and O–H groups in total. The summed E-state index contributed by atoms with van der Waals surface area (Å²) in [6.07, 6.45) is 0. The van der Waals surface area contributed by atoms with Gasteiger partial charge in [0.2, 0.25) is 0 Å². The molecule has 21 heavy (non-hydrogen) atoms. The number of rotatable bonds is 6. The summed E-state index contributed by atoms with van der Waals surface area (Å²) in [6.45, 7) is 0.747. The Hall–Kier alpha value is -1.85. The van der Waals surface area contributed by atoms with Crippen molar-refractivity contribution in [2.45, 2.75) is 6.54 Å². The maximum Gasteiger partial charge on any atom is 0.262 e. The molecule has 0 aromatic heterocycles. The fourth-order valence-corrected chi connectivity index (χ4v) is 2.26. The van der Waals surface area contributed by atoms with Crippen LogP contribution in [0.15, 0.2) is 53.0 Å². The second-order valence-corrected chi connectivity index (χ2v) is 5.44. The fourth-order valence-electron chi connectivity index (χ4n) is 1.86. The Morgan fingerprint density at radius 2 is 2.00 bits per heavy atom. The molecule has 0 unspecified atom stereocenters. The average molecular weight is 349 g/mol. The molecular weight excluding hydrogens is 332 g/mol. The van der Waals surface area contributed by atoms with Crippen LogP contribution in [-0.4, -0.2) is 19.6 Å². The molecule has 2 aromatic carbocycles. The topological polar surface area (TPSA) is 50.4 Å². The van der Waals surface area contributed by atoms with E-state index in [9.17, 15) is 4.79 Å². The molecule has 0 aliphatic heterocycles. The number of hydrogen-bond donors (Lipinski definition) is 2. The molecule has 0 saturated carbocycles. The van der Waals surface area contributed by atoms with Gasteiger partial charge in [-0.1, -0.05) is 34.1 Å². The Bertz CT molecular complexity index is 617. The maximum absolute atomic E-state index is 11.8. The zero-order valence-electron chi connectivity index (χ0n) is 11.7. The van der Waals surface area contributed by atoms with E-state index >= 15 is 0 Å². The smallest absolute Gasteiger partial charge is 0.262 e. The average Bonchev–Trinajstić information content (AvgIpc) is 2.46. The molecule has 2 aromatic rings. The number of ether oxygens (including phenoxy) is 1. The quantitative estimate of drug-likeness (QED) is 0.842. The predicted octanol–water partition coefficient (Wildman–Crippen LogP) is 3.19. The summed E-state index contributed by atoms with van der Waals surface area (Å²) in [5, 5.41) is 5.86. The Morgan fingerprint density at radius 1 is 1.19 bits per heavy atom. The highest BCUT2D eigenvalue weighted by Gasteiger charge is 2.04. The summed E-state index contributed by atoms with van der Waals surface area (Å²) >= 11 is 3.36. The molecule has 1 amide bonds. The molecule has 2 rings (SSSR count). The van der Waals surface area contributed by atoms with E-state index < -0.39 is 0 Å². The highest BCUT2D eigenvalue weighted by Crippen LogP contribution is 2.16. The van der Waals surface area contributed by atoms with Gasteiger partial charge in [0.05, 0.1) is 0 Å². The lowest BCUT2D eigenvalue weighted by molar-refractivity contribution is -0.118. The summed E-state index contributed by atoms with van der Waals surface area (Å²) in [6, 6.07) is 15.1. The van der Waals surface area contributed by atoms with Crippen LogP contribution in [0.2, 0.25) is 0 Å². The van der Waals surface area contributed by atoms with E-state index in [-0.39, 0.29) is 12.5 Å². The molecule has 0 atom stereocenters. The Balaban J connectivity index is 1.87. The van der Waals surface area contributed by atoms with E-state index in [1.54, 1.807) is 0 Å². The number of amides is 1. The van der Waals surface area contributed by atoms with Crippen molar-refractivity contribution in [3.05, 3.63) is 58.6 Å². The third-order valence-corrected chi connectivity index (χ3v) is 3.25. The fraction of sp³-hybridized carbons (Fsp3) is 0.188. The summed E-state index contributed by atoms with van der Waals surface area (Å²) in [4.78, 5) is 11.8. The van der Waals surface area contributed by atoms with Crippen molar-refractivity contribution in [3.8, 4) is 5.75 Å². The molecule has 0 fully saturated rings. The van der Waals surface area contributed by atoms with Crippen LogP contribution < -0.4 is 15.4 Å². The molecule has 4 nitrogen and oxygen atoms in total. The Labute approximate surface area is 132 Å². The monoisotopic (exact) mass is 348 g/mol. The van der Waals surface area contributed by atoms with Crippen LogP contribution in [0.1, 0.15) is 5.56 Å². The minimum atomic E-state index is -0.188. The molecular formula is C16H17BrN2O2. The number of carbonyl (C=O) groups excluding carboxylic acids is 1. The lowest BCUT2D eigenvalue weighted by Crippen LogP contribution is -2.20. The number of benzene rings is 2. The van der Waals surface area contributed by atoms with Crippen LogP contribution >= 0.6 is 15.9 Å². The van der Waals surface area contributed by atoms with E-state index in [4.69, 9.17) is 4.74 Å². The largest absolute Gasteiger partial charge is 0.484 e. The van der Waals surface area contributed by atoms with Crippen molar-refractivity contribution < 1.29 is 9.53 Å². The van der Waals surface area contributed by atoms with Gasteiger partial charge in [-0.3, -0.25) is 4.79 Å². The minimum Gasteiger partial charge on any atom is -0.484 e. The third-order valence-electron chi connectivity index (χ3n) is 2.76. The van der Waals surface area contributed by atoms with Crippen molar-refractivity contribution in [1.29, 1.82) is 0 Å². The molecule has 0 aliphatic rings. The lowest BCUT2D eigenvalue weighted by atomic mass is 10.2. The minimum absolute atomic E-state index is 0.0183. The van der Waals surface area contributed by atoms with Crippen molar-refractivity contribution in [3.63, 3.8) is 0 Å². The highest BCUT2D eigenvalue weighted by molar-refractivity contribution is 9.10. The summed E-state index contributed by atoms with van der Waals surface area (Å²) < 4.78 is 6.42. The molecule has 110 valence electrons. The van der Waals surface area contributed by atoms with Crippen LogP contribution in [0.3, 0.4) is 0 Å². The molecule has 0 aliphatic carbocycles. The second-order valence-electron chi connectivity index (χ2n) is 4.52. The first-order valence-electron chi connectivity index (χ1n) is 6.59. The standard InChI is InChI=1S/C16H17BrN2O2/c1-18-10-12-4-2-7-15(8-12)21-11-16(20)19-14-6-3-5-13(17)9-14/h2-9,18H,10-11H2,1H3,(H,19,20). The van der Waals surface area contributed by atoms with Gasteiger partial charge in [-0.2, -0.15) is 0 Å². The predicted molar refractivity (Wildman–Crippen MR) is 87.5 cm³/mol. The molecule has 0 saturated heterocycles. The zero-order valence-corrected chi connectivity index (χ0v) is 13.3. The third kappa shape index (κ3) is 5.21.